The van der Waals surface area contributed by atoms with Crippen molar-refractivity contribution in [2.75, 3.05) is 13.2 Å². The van der Waals surface area contributed by atoms with E-state index in [4.69, 9.17) is 9.47 Å². The molecule has 1 rings (SSSR count). The summed E-state index contributed by atoms with van der Waals surface area (Å²) in [7, 11) is 0. The average Bonchev–Trinajstić information content (AvgIpc) is 2.39. The third-order valence-electron chi connectivity index (χ3n) is 3.44. The molecule has 0 spiro atoms. The number of rotatable bonds is 8. The second-order valence-corrected chi connectivity index (χ2v) is 4.73. The smallest absolute Gasteiger partial charge is 0.157 e. The van der Waals surface area contributed by atoms with Crippen LogP contribution in [0.2, 0.25) is 0 Å². The lowest BCUT2D eigenvalue weighted by atomic mass is 9.94. The summed E-state index contributed by atoms with van der Waals surface area (Å²) < 4.78 is 11.1. The van der Waals surface area contributed by atoms with Crippen LogP contribution in [-0.4, -0.2) is 25.3 Å². The Bertz CT molecular complexity index is 210. The van der Waals surface area contributed by atoms with Crippen LogP contribution in [-0.2, 0) is 14.3 Å². The van der Waals surface area contributed by atoms with Gasteiger partial charge < -0.3 is 9.47 Å². The zero-order valence-electron chi connectivity index (χ0n) is 11.2. The van der Waals surface area contributed by atoms with Gasteiger partial charge in [0.05, 0.1) is 0 Å². The molecule has 2 atom stereocenters. The van der Waals surface area contributed by atoms with Gasteiger partial charge in [-0.2, -0.15) is 0 Å². The normalized spacial score (nSPS) is 22.4. The zero-order valence-corrected chi connectivity index (χ0v) is 11.2. The topological polar surface area (TPSA) is 35.5 Å². The molecular weight excluding hydrogens is 216 g/mol. The Hall–Kier alpha value is -0.410. The standard InChI is InChI=1S/C14H26O3/c1-3-12(13(15)4-2)8-7-11-17-14-9-5-6-10-16-14/h12,14H,3-11H2,1-2H3. The molecule has 0 radical (unpaired) electrons. The SMILES string of the molecule is CCC(=O)C(CC)CCCOC1CCCCO1. The summed E-state index contributed by atoms with van der Waals surface area (Å²) >= 11 is 0. The van der Waals surface area contributed by atoms with E-state index in [0.29, 0.717) is 12.2 Å². The molecule has 3 heteroatoms. The molecule has 0 N–H and O–H groups in total. The summed E-state index contributed by atoms with van der Waals surface area (Å²) in [6.45, 7) is 5.58. The monoisotopic (exact) mass is 242 g/mol. The van der Waals surface area contributed by atoms with Crippen LogP contribution in [0.4, 0.5) is 0 Å². The number of hydrogen-bond acceptors (Lipinski definition) is 3. The van der Waals surface area contributed by atoms with Gasteiger partial charge in [-0.1, -0.05) is 13.8 Å². The molecule has 2 unspecified atom stereocenters. The molecule has 100 valence electrons. The summed E-state index contributed by atoms with van der Waals surface area (Å²) in [5.74, 6) is 0.622. The molecule has 0 aromatic rings. The first-order valence-electron chi connectivity index (χ1n) is 7.03. The van der Waals surface area contributed by atoms with Crippen LogP contribution in [0.3, 0.4) is 0 Å². The fourth-order valence-corrected chi connectivity index (χ4v) is 2.27. The Morgan fingerprint density at radius 3 is 2.82 bits per heavy atom. The van der Waals surface area contributed by atoms with Crippen LogP contribution in [0.25, 0.3) is 0 Å². The lowest BCUT2D eigenvalue weighted by Crippen LogP contribution is -2.23. The van der Waals surface area contributed by atoms with Crippen LogP contribution >= 0.6 is 0 Å². The predicted octanol–water partition coefficient (Wildman–Crippen LogP) is 3.32. The van der Waals surface area contributed by atoms with Crippen molar-refractivity contribution >= 4 is 5.78 Å². The van der Waals surface area contributed by atoms with Gasteiger partial charge in [0.25, 0.3) is 0 Å². The molecule has 17 heavy (non-hydrogen) atoms. The van der Waals surface area contributed by atoms with Crippen molar-refractivity contribution in [2.24, 2.45) is 5.92 Å². The molecule has 0 aliphatic carbocycles. The highest BCUT2D eigenvalue weighted by atomic mass is 16.7. The Morgan fingerprint density at radius 2 is 2.24 bits per heavy atom. The number of carbonyl (C=O) groups excluding carboxylic acids is 1. The van der Waals surface area contributed by atoms with Crippen LogP contribution in [0.1, 0.15) is 58.8 Å². The molecule has 0 saturated carbocycles. The lowest BCUT2D eigenvalue weighted by molar-refractivity contribution is -0.163. The number of carbonyl (C=O) groups is 1. The van der Waals surface area contributed by atoms with Crippen molar-refractivity contribution in [1.29, 1.82) is 0 Å². The maximum Gasteiger partial charge on any atom is 0.157 e. The van der Waals surface area contributed by atoms with Crippen LogP contribution in [0.5, 0.6) is 0 Å². The Balaban J connectivity index is 2.07. The van der Waals surface area contributed by atoms with Gasteiger partial charge in [0, 0.05) is 25.6 Å². The van der Waals surface area contributed by atoms with Gasteiger partial charge in [-0.05, 0) is 38.5 Å². The van der Waals surface area contributed by atoms with E-state index in [1.165, 1.54) is 6.42 Å². The van der Waals surface area contributed by atoms with Gasteiger partial charge in [-0.25, -0.2) is 0 Å². The molecule has 0 aromatic heterocycles. The van der Waals surface area contributed by atoms with E-state index in [1.54, 1.807) is 0 Å². The number of ether oxygens (including phenoxy) is 2. The van der Waals surface area contributed by atoms with Crippen LogP contribution < -0.4 is 0 Å². The van der Waals surface area contributed by atoms with E-state index in [0.717, 1.165) is 45.3 Å². The molecule has 0 amide bonds. The third kappa shape index (κ3) is 5.64. The van der Waals surface area contributed by atoms with E-state index in [9.17, 15) is 4.79 Å². The van der Waals surface area contributed by atoms with Crippen molar-refractivity contribution in [2.45, 2.75) is 65.1 Å². The van der Waals surface area contributed by atoms with E-state index in [-0.39, 0.29) is 12.2 Å². The summed E-state index contributed by atoms with van der Waals surface area (Å²) in [6, 6.07) is 0. The lowest BCUT2D eigenvalue weighted by Gasteiger charge is -2.23. The second kappa shape index (κ2) is 8.65. The summed E-state index contributed by atoms with van der Waals surface area (Å²) in [5, 5.41) is 0. The zero-order chi connectivity index (χ0) is 12.5. The molecular formula is C14H26O3. The fraction of sp³-hybridized carbons (Fsp3) is 0.929. The first-order chi connectivity index (χ1) is 8.27. The van der Waals surface area contributed by atoms with Crippen LogP contribution in [0, 0.1) is 5.92 Å². The first kappa shape index (κ1) is 14.7. The van der Waals surface area contributed by atoms with E-state index >= 15 is 0 Å². The Labute approximate surface area is 105 Å². The van der Waals surface area contributed by atoms with Crippen molar-refractivity contribution in [3.63, 3.8) is 0 Å². The highest BCUT2D eigenvalue weighted by Crippen LogP contribution is 2.17. The predicted molar refractivity (Wildman–Crippen MR) is 67.9 cm³/mol. The van der Waals surface area contributed by atoms with Crippen molar-refractivity contribution in [3.8, 4) is 0 Å². The average molecular weight is 242 g/mol. The minimum Gasteiger partial charge on any atom is -0.353 e. The van der Waals surface area contributed by atoms with Crippen LogP contribution in [0.15, 0.2) is 0 Å². The third-order valence-corrected chi connectivity index (χ3v) is 3.44. The molecule has 1 aliphatic heterocycles. The summed E-state index contributed by atoms with van der Waals surface area (Å²) in [5.41, 5.74) is 0. The summed E-state index contributed by atoms with van der Waals surface area (Å²) in [6.07, 6.45) is 6.91. The summed E-state index contributed by atoms with van der Waals surface area (Å²) in [4.78, 5) is 11.6. The van der Waals surface area contributed by atoms with E-state index < -0.39 is 0 Å². The fourth-order valence-electron chi connectivity index (χ4n) is 2.27. The molecule has 1 saturated heterocycles. The van der Waals surface area contributed by atoms with E-state index in [1.807, 2.05) is 6.92 Å². The maximum atomic E-state index is 11.6. The highest BCUT2D eigenvalue weighted by Gasteiger charge is 2.16. The molecule has 0 bridgehead atoms. The first-order valence-corrected chi connectivity index (χ1v) is 7.03. The molecule has 0 aromatic carbocycles. The van der Waals surface area contributed by atoms with Crippen molar-refractivity contribution in [1.82, 2.24) is 0 Å². The van der Waals surface area contributed by atoms with Gasteiger partial charge in [0.2, 0.25) is 0 Å². The largest absolute Gasteiger partial charge is 0.353 e. The van der Waals surface area contributed by atoms with Gasteiger partial charge in [-0.3, -0.25) is 4.79 Å². The van der Waals surface area contributed by atoms with Gasteiger partial charge in [0.1, 0.15) is 5.78 Å². The quantitative estimate of drug-likeness (QED) is 0.612. The molecule has 1 fully saturated rings. The molecule has 3 nitrogen and oxygen atoms in total. The van der Waals surface area contributed by atoms with Crippen molar-refractivity contribution in [3.05, 3.63) is 0 Å². The van der Waals surface area contributed by atoms with E-state index in [2.05, 4.69) is 6.92 Å². The van der Waals surface area contributed by atoms with Crippen molar-refractivity contribution < 1.29 is 14.3 Å². The highest BCUT2D eigenvalue weighted by molar-refractivity contribution is 5.80. The molecule has 1 heterocycles. The molecule has 1 aliphatic rings. The second-order valence-electron chi connectivity index (χ2n) is 4.73. The Morgan fingerprint density at radius 1 is 1.41 bits per heavy atom. The van der Waals surface area contributed by atoms with Gasteiger partial charge in [0.15, 0.2) is 6.29 Å². The van der Waals surface area contributed by atoms with Gasteiger partial charge in [-0.15, -0.1) is 0 Å². The minimum atomic E-state index is 0.00528. The number of Topliss-reactive ketones (excluding diaryl/α,β-unsaturated/α-hetero) is 1. The Kier molecular flexibility index (Phi) is 7.45. The van der Waals surface area contributed by atoms with Gasteiger partial charge >= 0.3 is 0 Å². The number of ketones is 1. The number of hydrogen-bond donors (Lipinski definition) is 0. The maximum absolute atomic E-state index is 11.6. The minimum absolute atomic E-state index is 0.00528.